The Morgan fingerprint density at radius 2 is 1.62 bits per heavy atom. The van der Waals surface area contributed by atoms with E-state index in [-0.39, 0.29) is 41.5 Å². The topological polar surface area (TPSA) is 144 Å². The molecular formula is C36H30N2O7. The molecule has 0 spiro atoms. The summed E-state index contributed by atoms with van der Waals surface area (Å²) >= 11 is 0. The molecule has 3 aromatic carbocycles. The molecule has 6 atom stereocenters. The average molecular weight is 603 g/mol. The van der Waals surface area contributed by atoms with E-state index in [1.54, 1.807) is 36.4 Å². The zero-order chi connectivity index (χ0) is 31.6. The van der Waals surface area contributed by atoms with Gasteiger partial charge in [0.1, 0.15) is 0 Å². The molecule has 2 fully saturated rings. The Morgan fingerprint density at radius 1 is 0.933 bits per heavy atom. The van der Waals surface area contributed by atoms with Crippen molar-refractivity contribution >= 4 is 35.0 Å². The maximum atomic E-state index is 14.9. The number of phenolic OH excluding ortho intramolecular Hbond substituents is 1. The summed E-state index contributed by atoms with van der Waals surface area (Å²) < 4.78 is 5.30. The number of nitrogens with zero attached hydrogens (tertiary/aromatic N) is 1. The van der Waals surface area contributed by atoms with Crippen LogP contribution >= 0.6 is 0 Å². The number of carbonyl (C=O) groups is 5. The zero-order valence-electron chi connectivity index (χ0n) is 24.4. The number of urea groups is 1. The molecule has 7 rings (SSSR count). The molecule has 3 aliphatic carbocycles. The third kappa shape index (κ3) is 3.96. The van der Waals surface area contributed by atoms with Crippen molar-refractivity contribution in [1.29, 1.82) is 0 Å². The number of Topliss-reactive ketones (excluding diaryl/α,β-unsaturated/α-hetero) is 1. The Labute approximate surface area is 259 Å². The minimum Gasteiger partial charge on any atom is -0.504 e. The maximum Gasteiger partial charge on any atom is 0.328 e. The van der Waals surface area contributed by atoms with Crippen LogP contribution in [0.25, 0.3) is 5.57 Å². The molecule has 226 valence electrons. The van der Waals surface area contributed by atoms with E-state index in [9.17, 15) is 29.1 Å². The van der Waals surface area contributed by atoms with Gasteiger partial charge in [0.05, 0.1) is 24.4 Å². The molecule has 1 aliphatic heterocycles. The number of nitrogens with two attached hydrogens (primary N) is 1. The molecule has 0 radical (unpaired) electrons. The van der Waals surface area contributed by atoms with Gasteiger partial charge in [-0.15, -0.1) is 0 Å². The molecule has 0 aromatic heterocycles. The van der Waals surface area contributed by atoms with E-state index in [0.717, 1.165) is 0 Å². The van der Waals surface area contributed by atoms with Crippen LogP contribution in [0.2, 0.25) is 0 Å². The number of ether oxygens (including phenoxy) is 1. The van der Waals surface area contributed by atoms with Gasteiger partial charge in [0, 0.05) is 17.4 Å². The highest BCUT2D eigenvalue weighted by molar-refractivity contribution is 6.31. The first-order valence-electron chi connectivity index (χ1n) is 14.9. The van der Waals surface area contributed by atoms with Crippen molar-refractivity contribution in [3.8, 4) is 11.5 Å². The molecular weight excluding hydrogens is 572 g/mol. The minimum atomic E-state index is -1.43. The fourth-order valence-electron chi connectivity index (χ4n) is 8.35. The fourth-order valence-corrected chi connectivity index (χ4v) is 8.35. The van der Waals surface area contributed by atoms with Crippen LogP contribution in [0.4, 0.5) is 4.79 Å². The lowest BCUT2D eigenvalue weighted by Gasteiger charge is -2.55. The second-order valence-corrected chi connectivity index (χ2v) is 12.1. The number of allylic oxidation sites excluding steroid dienone is 4. The second kappa shape index (κ2) is 10.4. The number of benzene rings is 3. The Morgan fingerprint density at radius 3 is 2.27 bits per heavy atom. The number of methoxy groups -OCH3 is 1. The van der Waals surface area contributed by atoms with Crippen LogP contribution in [0.15, 0.2) is 96.6 Å². The summed E-state index contributed by atoms with van der Waals surface area (Å²) in [5, 5.41) is 10.9. The van der Waals surface area contributed by atoms with Gasteiger partial charge < -0.3 is 15.6 Å². The number of fused-ring (bicyclic) bond motifs is 4. The van der Waals surface area contributed by atoms with E-state index in [4.69, 9.17) is 10.5 Å². The predicted molar refractivity (Wildman–Crippen MR) is 163 cm³/mol. The van der Waals surface area contributed by atoms with Crippen LogP contribution in [-0.2, 0) is 24.6 Å². The molecule has 4 amide bonds. The lowest BCUT2D eigenvalue weighted by atomic mass is 9.44. The SMILES string of the molecule is COc1ccc([C@H]2C3=CC[C@@H]4C(=O)N(C(N)=O)C(=O)[C@@H]4[C@@H]3C[C@H]3C(=O)C(c4ccccc4)=CC(=O)[C@@]23c2ccccc2)cc1O. The molecule has 0 bridgehead atoms. The molecule has 4 aliphatic rings. The summed E-state index contributed by atoms with van der Waals surface area (Å²) in [6.45, 7) is 0. The molecule has 1 saturated carbocycles. The standard InChI is InChI=1S/C36H30N2O7/c1-45-28-15-12-20(16-27(28)39)31-22-13-14-23-30(34(43)38(33(23)42)35(37)44)25(22)17-26-32(41)24(19-8-4-2-5-9-19)18-29(40)36(26,31)21-10-6-3-7-11-21/h2-13,15-16,18,23,25-26,30-31,39H,14,17H2,1H3,(H2,37,44)/t23-,25+,26-,30-,31-,36-/m0/s1. The normalized spacial score (nSPS) is 28.9. The third-order valence-corrected chi connectivity index (χ3v) is 10.1. The monoisotopic (exact) mass is 602 g/mol. The number of hydrogen-bond donors (Lipinski definition) is 2. The van der Waals surface area contributed by atoms with Crippen molar-refractivity contribution in [3.05, 3.63) is 113 Å². The highest BCUT2D eigenvalue weighted by Gasteiger charge is 2.66. The largest absolute Gasteiger partial charge is 0.504 e. The van der Waals surface area contributed by atoms with Gasteiger partial charge in [-0.25, -0.2) is 4.79 Å². The average Bonchev–Trinajstić information content (AvgIpc) is 3.31. The van der Waals surface area contributed by atoms with Crippen LogP contribution < -0.4 is 10.5 Å². The van der Waals surface area contributed by atoms with Gasteiger partial charge in [0.15, 0.2) is 23.1 Å². The van der Waals surface area contributed by atoms with Gasteiger partial charge in [0.2, 0.25) is 11.8 Å². The van der Waals surface area contributed by atoms with E-state index < -0.39 is 52.8 Å². The van der Waals surface area contributed by atoms with Crippen molar-refractivity contribution in [1.82, 2.24) is 4.90 Å². The molecule has 3 N–H and O–H groups in total. The van der Waals surface area contributed by atoms with Crippen molar-refractivity contribution in [2.75, 3.05) is 7.11 Å². The first kappa shape index (κ1) is 28.5. The number of phenols is 1. The molecule has 9 heteroatoms. The Bertz CT molecular complexity index is 1850. The van der Waals surface area contributed by atoms with Crippen molar-refractivity contribution in [3.63, 3.8) is 0 Å². The van der Waals surface area contributed by atoms with Gasteiger partial charge in [-0.2, -0.15) is 4.90 Å². The zero-order valence-corrected chi connectivity index (χ0v) is 24.4. The lowest BCUT2D eigenvalue weighted by molar-refractivity contribution is -0.137. The molecule has 3 aromatic rings. The fraction of sp³-hybridized carbons (Fsp3) is 0.250. The predicted octanol–water partition coefficient (Wildman–Crippen LogP) is 4.30. The smallest absolute Gasteiger partial charge is 0.328 e. The highest BCUT2D eigenvalue weighted by Crippen LogP contribution is 2.63. The lowest BCUT2D eigenvalue weighted by Crippen LogP contribution is -2.58. The van der Waals surface area contributed by atoms with Crippen LogP contribution in [-0.4, -0.2) is 46.5 Å². The Hall–Kier alpha value is -5.31. The van der Waals surface area contributed by atoms with Gasteiger partial charge in [-0.3, -0.25) is 19.2 Å². The first-order valence-corrected chi connectivity index (χ1v) is 14.9. The van der Waals surface area contributed by atoms with Gasteiger partial charge in [-0.1, -0.05) is 78.4 Å². The summed E-state index contributed by atoms with van der Waals surface area (Å²) in [6.07, 6.45) is 3.57. The van der Waals surface area contributed by atoms with Crippen LogP contribution in [0.1, 0.15) is 35.4 Å². The third-order valence-electron chi connectivity index (χ3n) is 10.1. The molecule has 9 nitrogen and oxygen atoms in total. The molecule has 1 heterocycles. The van der Waals surface area contributed by atoms with Gasteiger partial charge in [0.25, 0.3) is 0 Å². The van der Waals surface area contributed by atoms with Crippen molar-refractivity contribution < 1.29 is 33.8 Å². The number of likely N-dealkylation sites (tertiary alicyclic amines) is 1. The molecule has 1 saturated heterocycles. The minimum absolute atomic E-state index is 0.0981. The van der Waals surface area contributed by atoms with Crippen molar-refractivity contribution in [2.24, 2.45) is 29.4 Å². The number of carbonyl (C=O) groups excluding carboxylic acids is 5. The summed E-state index contributed by atoms with van der Waals surface area (Å²) in [4.78, 5) is 69.4. The number of rotatable bonds is 4. The summed E-state index contributed by atoms with van der Waals surface area (Å²) in [7, 11) is 1.43. The second-order valence-electron chi connectivity index (χ2n) is 12.1. The highest BCUT2D eigenvalue weighted by atomic mass is 16.5. The van der Waals surface area contributed by atoms with Crippen LogP contribution in [0, 0.1) is 23.7 Å². The summed E-state index contributed by atoms with van der Waals surface area (Å²) in [5.74, 6) is -5.89. The molecule has 0 unspecified atom stereocenters. The quantitative estimate of drug-likeness (QED) is 0.335. The van der Waals surface area contributed by atoms with E-state index in [0.29, 0.717) is 27.2 Å². The summed E-state index contributed by atoms with van der Waals surface area (Å²) in [6, 6.07) is 21.9. The van der Waals surface area contributed by atoms with E-state index in [1.807, 2.05) is 42.5 Å². The van der Waals surface area contributed by atoms with Gasteiger partial charge >= 0.3 is 6.03 Å². The summed E-state index contributed by atoms with van der Waals surface area (Å²) in [5.41, 5.74) is 6.82. The number of amides is 4. The Balaban J connectivity index is 1.51. The number of primary amides is 1. The maximum absolute atomic E-state index is 14.9. The number of aromatic hydroxyl groups is 1. The first-order chi connectivity index (χ1) is 21.7. The van der Waals surface area contributed by atoms with E-state index in [1.165, 1.54) is 19.3 Å². The van der Waals surface area contributed by atoms with Crippen molar-refractivity contribution in [2.45, 2.75) is 24.2 Å². The van der Waals surface area contributed by atoms with E-state index in [2.05, 4.69) is 0 Å². The molecule has 45 heavy (non-hydrogen) atoms. The van der Waals surface area contributed by atoms with E-state index >= 15 is 0 Å². The Kier molecular flexibility index (Phi) is 6.58. The number of hydrogen-bond acceptors (Lipinski definition) is 7. The van der Waals surface area contributed by atoms with Crippen LogP contribution in [0.5, 0.6) is 11.5 Å². The number of ketones is 2. The van der Waals surface area contributed by atoms with Crippen LogP contribution in [0.3, 0.4) is 0 Å². The van der Waals surface area contributed by atoms with Gasteiger partial charge in [-0.05, 0) is 53.7 Å². The number of imide groups is 3.